The van der Waals surface area contributed by atoms with Gasteiger partial charge in [0.2, 0.25) is 0 Å². The zero-order valence-corrected chi connectivity index (χ0v) is 10.6. The van der Waals surface area contributed by atoms with E-state index >= 15 is 0 Å². The highest BCUT2D eigenvalue weighted by atomic mass is 15.2. The number of H-pyrrole nitrogens is 1. The molecule has 1 fully saturated rings. The van der Waals surface area contributed by atoms with Gasteiger partial charge in [0.1, 0.15) is 5.82 Å². The lowest BCUT2D eigenvalue weighted by Crippen LogP contribution is -2.18. The van der Waals surface area contributed by atoms with Crippen molar-refractivity contribution in [3.05, 3.63) is 30.0 Å². The van der Waals surface area contributed by atoms with Crippen LogP contribution >= 0.6 is 0 Å². The Balaban J connectivity index is 2.11. The van der Waals surface area contributed by atoms with Crippen molar-refractivity contribution in [2.75, 3.05) is 23.7 Å². The Hall–Kier alpha value is -1.97. The summed E-state index contributed by atoms with van der Waals surface area (Å²) < 4.78 is 0. The zero-order chi connectivity index (χ0) is 12.5. The number of nitrogens with zero attached hydrogens (tertiary/aromatic N) is 2. The number of nitrogens with two attached hydrogens (primary N) is 1. The minimum atomic E-state index is 0.640. The van der Waals surface area contributed by atoms with Crippen LogP contribution in [-0.2, 0) is 0 Å². The summed E-state index contributed by atoms with van der Waals surface area (Å²) in [6.07, 6.45) is 4.35. The van der Waals surface area contributed by atoms with Gasteiger partial charge in [-0.05, 0) is 31.9 Å². The molecule has 0 bridgehead atoms. The normalized spacial score (nSPS) is 15.3. The summed E-state index contributed by atoms with van der Waals surface area (Å²) in [6, 6.07) is 6.55. The van der Waals surface area contributed by atoms with Gasteiger partial charge in [0.25, 0.3) is 0 Å². The van der Waals surface area contributed by atoms with Crippen molar-refractivity contribution in [3.63, 3.8) is 0 Å². The SMILES string of the molecule is Cc1ccc(N2CCCC2)c(-c2cn[nH]c2N)c1. The zero-order valence-electron chi connectivity index (χ0n) is 10.6. The van der Waals surface area contributed by atoms with E-state index in [1.165, 1.54) is 29.7 Å². The Morgan fingerprint density at radius 2 is 2.00 bits per heavy atom. The highest BCUT2D eigenvalue weighted by Crippen LogP contribution is 2.35. The van der Waals surface area contributed by atoms with Crippen molar-refractivity contribution >= 4 is 11.5 Å². The van der Waals surface area contributed by atoms with E-state index in [1.54, 1.807) is 0 Å². The Labute approximate surface area is 107 Å². The van der Waals surface area contributed by atoms with Crippen molar-refractivity contribution in [2.45, 2.75) is 19.8 Å². The lowest BCUT2D eigenvalue weighted by atomic mass is 10.0. The van der Waals surface area contributed by atoms with Crippen LogP contribution in [-0.4, -0.2) is 23.3 Å². The second-order valence-electron chi connectivity index (χ2n) is 4.91. The first-order valence-electron chi connectivity index (χ1n) is 6.40. The van der Waals surface area contributed by atoms with E-state index in [0.29, 0.717) is 5.82 Å². The molecule has 0 amide bonds. The van der Waals surface area contributed by atoms with Gasteiger partial charge in [0.05, 0.1) is 6.20 Å². The van der Waals surface area contributed by atoms with E-state index in [1.807, 2.05) is 6.20 Å². The molecule has 1 aliphatic heterocycles. The first-order chi connectivity index (χ1) is 8.75. The molecule has 1 aromatic carbocycles. The Kier molecular flexibility index (Phi) is 2.70. The summed E-state index contributed by atoms with van der Waals surface area (Å²) in [5.41, 5.74) is 10.7. The van der Waals surface area contributed by atoms with Gasteiger partial charge in [-0.2, -0.15) is 5.10 Å². The molecule has 0 spiro atoms. The maximum absolute atomic E-state index is 5.95. The van der Waals surface area contributed by atoms with E-state index in [9.17, 15) is 0 Å². The third kappa shape index (κ3) is 1.83. The molecule has 0 unspecified atom stereocenters. The molecule has 2 aromatic rings. The first kappa shape index (κ1) is 11.1. The third-order valence-electron chi connectivity index (χ3n) is 3.56. The van der Waals surface area contributed by atoms with Crippen LogP contribution in [0.15, 0.2) is 24.4 Å². The predicted molar refractivity (Wildman–Crippen MR) is 74.6 cm³/mol. The van der Waals surface area contributed by atoms with Crippen molar-refractivity contribution in [1.29, 1.82) is 0 Å². The number of aromatic amines is 1. The number of aryl methyl sites for hydroxylation is 1. The van der Waals surface area contributed by atoms with Crippen LogP contribution in [0.4, 0.5) is 11.5 Å². The molecule has 18 heavy (non-hydrogen) atoms. The molecule has 1 aliphatic rings. The smallest absolute Gasteiger partial charge is 0.126 e. The van der Waals surface area contributed by atoms with Crippen LogP contribution in [0.3, 0.4) is 0 Å². The molecule has 1 saturated heterocycles. The highest BCUT2D eigenvalue weighted by molar-refractivity contribution is 5.84. The average molecular weight is 242 g/mol. The molecule has 0 atom stereocenters. The van der Waals surface area contributed by atoms with Gasteiger partial charge in [-0.3, -0.25) is 5.10 Å². The average Bonchev–Trinajstić information content (AvgIpc) is 2.99. The number of nitrogen functional groups attached to an aromatic ring is 1. The quantitative estimate of drug-likeness (QED) is 0.851. The second-order valence-corrected chi connectivity index (χ2v) is 4.91. The maximum Gasteiger partial charge on any atom is 0.126 e. The van der Waals surface area contributed by atoms with Crippen molar-refractivity contribution in [2.24, 2.45) is 0 Å². The van der Waals surface area contributed by atoms with Crippen LogP contribution < -0.4 is 10.6 Å². The van der Waals surface area contributed by atoms with E-state index in [0.717, 1.165) is 18.7 Å². The number of aromatic nitrogens is 2. The summed E-state index contributed by atoms with van der Waals surface area (Å²) in [7, 11) is 0. The molecule has 2 heterocycles. The van der Waals surface area contributed by atoms with Gasteiger partial charge >= 0.3 is 0 Å². The van der Waals surface area contributed by atoms with Crippen molar-refractivity contribution in [3.8, 4) is 11.1 Å². The molecular formula is C14H18N4. The number of nitrogens with one attached hydrogen (secondary N) is 1. The van der Waals surface area contributed by atoms with Crippen LogP contribution in [0.5, 0.6) is 0 Å². The largest absolute Gasteiger partial charge is 0.384 e. The Morgan fingerprint density at radius 3 is 2.67 bits per heavy atom. The van der Waals surface area contributed by atoms with Crippen LogP contribution in [0.2, 0.25) is 0 Å². The number of rotatable bonds is 2. The first-order valence-corrected chi connectivity index (χ1v) is 6.40. The van der Waals surface area contributed by atoms with Gasteiger partial charge in [-0.15, -0.1) is 0 Å². The Bertz CT molecular complexity index is 553. The van der Waals surface area contributed by atoms with E-state index < -0.39 is 0 Å². The second kappa shape index (κ2) is 4.37. The van der Waals surface area contributed by atoms with Gasteiger partial charge in [-0.1, -0.05) is 11.6 Å². The summed E-state index contributed by atoms with van der Waals surface area (Å²) in [4.78, 5) is 2.43. The monoisotopic (exact) mass is 242 g/mol. The number of benzene rings is 1. The van der Waals surface area contributed by atoms with Gasteiger partial charge in [-0.25, -0.2) is 0 Å². The lowest BCUT2D eigenvalue weighted by molar-refractivity contribution is 0.949. The molecule has 3 N–H and O–H groups in total. The fourth-order valence-corrected chi connectivity index (χ4v) is 2.61. The van der Waals surface area contributed by atoms with Crippen molar-refractivity contribution < 1.29 is 0 Å². The fourth-order valence-electron chi connectivity index (χ4n) is 2.61. The molecule has 94 valence electrons. The van der Waals surface area contributed by atoms with E-state index in [2.05, 4.69) is 40.2 Å². The molecular weight excluding hydrogens is 224 g/mol. The molecule has 4 nitrogen and oxygen atoms in total. The van der Waals surface area contributed by atoms with Gasteiger partial charge < -0.3 is 10.6 Å². The van der Waals surface area contributed by atoms with E-state index in [4.69, 9.17) is 5.73 Å². The molecule has 4 heteroatoms. The molecule has 3 rings (SSSR count). The minimum absolute atomic E-state index is 0.640. The Morgan fingerprint density at radius 1 is 1.22 bits per heavy atom. The molecule has 0 aliphatic carbocycles. The van der Waals surface area contributed by atoms with Gasteiger partial charge in [0, 0.05) is 29.9 Å². The van der Waals surface area contributed by atoms with Crippen LogP contribution in [0, 0.1) is 6.92 Å². The summed E-state index contributed by atoms with van der Waals surface area (Å²) in [6.45, 7) is 4.37. The standard InChI is InChI=1S/C14H18N4/c1-10-4-5-13(18-6-2-3-7-18)11(8-10)12-9-16-17-14(12)15/h4-5,8-9H,2-3,6-7H2,1H3,(H3,15,16,17). The lowest BCUT2D eigenvalue weighted by Gasteiger charge is -2.21. The molecule has 1 aromatic heterocycles. The van der Waals surface area contributed by atoms with Gasteiger partial charge in [0.15, 0.2) is 0 Å². The summed E-state index contributed by atoms with van der Waals surface area (Å²) in [5.74, 6) is 0.640. The number of anilines is 2. The van der Waals surface area contributed by atoms with Crippen LogP contribution in [0.1, 0.15) is 18.4 Å². The van der Waals surface area contributed by atoms with Crippen molar-refractivity contribution in [1.82, 2.24) is 10.2 Å². The molecule has 0 saturated carbocycles. The highest BCUT2D eigenvalue weighted by Gasteiger charge is 2.18. The maximum atomic E-state index is 5.95. The number of hydrogen-bond acceptors (Lipinski definition) is 3. The fraction of sp³-hybridized carbons (Fsp3) is 0.357. The topological polar surface area (TPSA) is 57.9 Å². The molecule has 0 radical (unpaired) electrons. The summed E-state index contributed by atoms with van der Waals surface area (Å²) >= 11 is 0. The minimum Gasteiger partial charge on any atom is -0.384 e. The number of hydrogen-bond donors (Lipinski definition) is 2. The summed E-state index contributed by atoms with van der Waals surface area (Å²) in [5, 5.41) is 6.84. The predicted octanol–water partition coefficient (Wildman–Crippen LogP) is 2.57. The third-order valence-corrected chi connectivity index (χ3v) is 3.56. The van der Waals surface area contributed by atoms with E-state index in [-0.39, 0.29) is 0 Å². The van der Waals surface area contributed by atoms with Crippen LogP contribution in [0.25, 0.3) is 11.1 Å².